The smallest absolute Gasteiger partial charge is 0.268 e. The molecule has 1 aromatic carbocycles. The van der Waals surface area contributed by atoms with Gasteiger partial charge in [-0.15, -0.1) is 0 Å². The molecule has 1 aliphatic heterocycles. The number of fused-ring (bicyclic) bond motifs is 1. The van der Waals surface area contributed by atoms with Gasteiger partial charge < -0.3 is 0 Å². The lowest BCUT2D eigenvalue weighted by Crippen LogP contribution is -2.34. The van der Waals surface area contributed by atoms with Crippen molar-refractivity contribution in [3.8, 4) is 0 Å². The number of nitrogens with zero attached hydrogens (tertiary/aromatic N) is 1. The van der Waals surface area contributed by atoms with Gasteiger partial charge in [0.2, 0.25) is 0 Å². The maximum Gasteiger partial charge on any atom is 0.276 e. The van der Waals surface area contributed by atoms with Gasteiger partial charge in [0.1, 0.15) is 4.90 Å². The summed E-state index contributed by atoms with van der Waals surface area (Å²) in [5, 5.41) is 0. The van der Waals surface area contributed by atoms with Gasteiger partial charge in [-0.25, -0.2) is 8.42 Å². The Bertz CT molecular complexity index is 631. The second kappa shape index (κ2) is 3.81. The van der Waals surface area contributed by atoms with Crippen LogP contribution in [0.1, 0.15) is 17.3 Å². The monoisotopic (exact) mass is 251 g/mol. The van der Waals surface area contributed by atoms with Gasteiger partial charge in [-0.2, -0.15) is 4.31 Å². The second-order valence-corrected chi connectivity index (χ2v) is 5.16. The van der Waals surface area contributed by atoms with E-state index in [0.717, 1.165) is 6.08 Å². The molecule has 0 saturated heterocycles. The summed E-state index contributed by atoms with van der Waals surface area (Å²) in [6.07, 6.45) is 2.43. The summed E-state index contributed by atoms with van der Waals surface area (Å²) in [6, 6.07) is 5.76. The summed E-state index contributed by atoms with van der Waals surface area (Å²) in [7, 11) is -4.03. The van der Waals surface area contributed by atoms with E-state index in [9.17, 15) is 18.0 Å². The minimum Gasteiger partial charge on any atom is -0.268 e. The van der Waals surface area contributed by atoms with Gasteiger partial charge in [0.15, 0.2) is 0 Å². The van der Waals surface area contributed by atoms with Crippen molar-refractivity contribution in [3.63, 3.8) is 0 Å². The number of amides is 2. The van der Waals surface area contributed by atoms with Gasteiger partial charge in [0, 0.05) is 6.08 Å². The fourth-order valence-electron chi connectivity index (χ4n) is 1.61. The molecule has 0 spiro atoms. The summed E-state index contributed by atoms with van der Waals surface area (Å²) in [5.74, 6) is -1.66. The van der Waals surface area contributed by atoms with Crippen molar-refractivity contribution >= 4 is 21.8 Å². The Hall–Kier alpha value is -1.95. The Morgan fingerprint density at radius 3 is 2.53 bits per heavy atom. The van der Waals surface area contributed by atoms with Crippen molar-refractivity contribution in [1.82, 2.24) is 4.31 Å². The molecule has 0 aromatic heterocycles. The number of allylic oxidation sites excluding steroid dienone is 1. The largest absolute Gasteiger partial charge is 0.276 e. The van der Waals surface area contributed by atoms with Crippen LogP contribution >= 0.6 is 0 Å². The number of imide groups is 1. The van der Waals surface area contributed by atoms with Crippen molar-refractivity contribution in [2.45, 2.75) is 11.8 Å². The average molecular weight is 251 g/mol. The van der Waals surface area contributed by atoms with Gasteiger partial charge in [-0.1, -0.05) is 18.2 Å². The van der Waals surface area contributed by atoms with Crippen LogP contribution in [0.4, 0.5) is 0 Å². The van der Waals surface area contributed by atoms with E-state index in [0.29, 0.717) is 0 Å². The molecule has 0 aliphatic carbocycles. The first kappa shape index (κ1) is 11.5. The van der Waals surface area contributed by atoms with E-state index in [1.807, 2.05) is 0 Å². The Kier molecular flexibility index (Phi) is 2.59. The summed E-state index contributed by atoms with van der Waals surface area (Å²) in [4.78, 5) is 23.3. The van der Waals surface area contributed by atoms with Crippen molar-refractivity contribution in [3.05, 3.63) is 42.0 Å². The van der Waals surface area contributed by atoms with E-state index in [-0.39, 0.29) is 14.8 Å². The van der Waals surface area contributed by atoms with Crippen LogP contribution < -0.4 is 0 Å². The molecule has 1 aliphatic rings. The number of carbonyl (C=O) groups excluding carboxylic acids is 2. The quantitative estimate of drug-likeness (QED) is 0.696. The number of carbonyl (C=O) groups is 2. The van der Waals surface area contributed by atoms with Crippen LogP contribution in [0, 0.1) is 0 Å². The Labute approximate surface area is 98.4 Å². The predicted octanol–water partition coefficient (Wildman–Crippen LogP) is 0.934. The molecular formula is C11H9NO4S. The van der Waals surface area contributed by atoms with Gasteiger partial charge in [0.05, 0.1) is 5.56 Å². The molecule has 0 saturated carbocycles. The third kappa shape index (κ3) is 1.57. The third-order valence-corrected chi connectivity index (χ3v) is 4.07. The van der Waals surface area contributed by atoms with E-state index < -0.39 is 21.8 Å². The van der Waals surface area contributed by atoms with Crippen molar-refractivity contribution in [2.75, 3.05) is 0 Å². The highest BCUT2D eigenvalue weighted by molar-refractivity contribution is 7.90. The number of rotatable bonds is 1. The van der Waals surface area contributed by atoms with Crippen LogP contribution in [-0.4, -0.2) is 24.5 Å². The van der Waals surface area contributed by atoms with E-state index in [1.165, 1.54) is 24.3 Å². The molecule has 0 radical (unpaired) electrons. The molecule has 0 fully saturated rings. The molecule has 1 aromatic rings. The second-order valence-electron chi connectivity index (χ2n) is 3.41. The Balaban J connectivity index is 2.63. The Morgan fingerprint density at radius 2 is 1.94 bits per heavy atom. The van der Waals surface area contributed by atoms with Crippen LogP contribution in [0.3, 0.4) is 0 Å². The lowest BCUT2D eigenvalue weighted by atomic mass is 10.2. The molecule has 0 bridgehead atoms. The molecule has 5 nitrogen and oxygen atoms in total. The summed E-state index contributed by atoms with van der Waals surface area (Å²) < 4.78 is 24.2. The highest BCUT2D eigenvalue weighted by atomic mass is 32.2. The highest BCUT2D eigenvalue weighted by Gasteiger charge is 2.44. The van der Waals surface area contributed by atoms with E-state index in [1.54, 1.807) is 13.0 Å². The molecule has 0 atom stereocenters. The minimum atomic E-state index is -4.03. The molecule has 0 N–H and O–H groups in total. The summed E-state index contributed by atoms with van der Waals surface area (Å²) in [6.45, 7) is 1.57. The maximum atomic E-state index is 12.0. The Morgan fingerprint density at radius 1 is 1.29 bits per heavy atom. The number of benzene rings is 1. The van der Waals surface area contributed by atoms with Crippen LogP contribution in [0.5, 0.6) is 0 Å². The zero-order valence-corrected chi connectivity index (χ0v) is 9.77. The van der Waals surface area contributed by atoms with Crippen molar-refractivity contribution in [1.29, 1.82) is 0 Å². The zero-order valence-electron chi connectivity index (χ0n) is 8.95. The molecule has 6 heteroatoms. The maximum absolute atomic E-state index is 12.0. The minimum absolute atomic E-state index is 0.0327. The molecule has 17 heavy (non-hydrogen) atoms. The predicted molar refractivity (Wildman–Crippen MR) is 59.6 cm³/mol. The highest BCUT2D eigenvalue weighted by Crippen LogP contribution is 2.29. The topological polar surface area (TPSA) is 71.5 Å². The number of sulfonamides is 1. The summed E-state index contributed by atoms with van der Waals surface area (Å²) in [5.41, 5.74) is 0.0327. The lowest BCUT2D eigenvalue weighted by Gasteiger charge is -2.09. The fraction of sp³-hybridized carbons (Fsp3) is 0.0909. The first-order valence-corrected chi connectivity index (χ1v) is 6.29. The standard InChI is InChI=1S/C11H9NO4S/c1-2-5-10(13)12-11(14)8-6-3-4-7-9(8)17(12,15)16/h2-7H,1H3/b5-2+. The van der Waals surface area contributed by atoms with Gasteiger partial charge >= 0.3 is 0 Å². The van der Waals surface area contributed by atoms with Gasteiger partial charge in [-0.3, -0.25) is 9.59 Å². The lowest BCUT2D eigenvalue weighted by molar-refractivity contribution is -0.119. The van der Waals surface area contributed by atoms with Gasteiger partial charge in [-0.05, 0) is 19.1 Å². The van der Waals surface area contributed by atoms with E-state index in [2.05, 4.69) is 0 Å². The van der Waals surface area contributed by atoms with Crippen molar-refractivity contribution in [2.24, 2.45) is 0 Å². The fourth-order valence-corrected chi connectivity index (χ4v) is 3.11. The first-order chi connectivity index (χ1) is 8.00. The van der Waals surface area contributed by atoms with Crippen LogP contribution in [0.15, 0.2) is 41.3 Å². The van der Waals surface area contributed by atoms with Crippen molar-refractivity contribution < 1.29 is 18.0 Å². The van der Waals surface area contributed by atoms with Gasteiger partial charge in [0.25, 0.3) is 21.8 Å². The molecular weight excluding hydrogens is 242 g/mol. The van der Waals surface area contributed by atoms with E-state index in [4.69, 9.17) is 0 Å². The zero-order chi connectivity index (χ0) is 12.6. The van der Waals surface area contributed by atoms with Crippen LogP contribution in [0.2, 0.25) is 0 Å². The molecule has 0 unspecified atom stereocenters. The number of hydrogen-bond donors (Lipinski definition) is 0. The summed E-state index contributed by atoms with van der Waals surface area (Å²) >= 11 is 0. The number of hydrogen-bond acceptors (Lipinski definition) is 4. The molecule has 1 heterocycles. The van der Waals surface area contributed by atoms with Crippen LogP contribution in [0.25, 0.3) is 0 Å². The molecule has 2 amide bonds. The average Bonchev–Trinajstić information content (AvgIpc) is 2.48. The molecule has 2 rings (SSSR count). The van der Waals surface area contributed by atoms with E-state index >= 15 is 0 Å². The molecule has 88 valence electrons. The normalized spacial score (nSPS) is 17.5. The SMILES string of the molecule is C/C=C/C(=O)N1C(=O)c2ccccc2S1(=O)=O. The first-order valence-electron chi connectivity index (χ1n) is 4.85. The van der Waals surface area contributed by atoms with Crippen LogP contribution in [-0.2, 0) is 14.8 Å². The third-order valence-electron chi connectivity index (χ3n) is 2.33.